The van der Waals surface area contributed by atoms with Crippen LogP contribution in [0.4, 0.5) is 0 Å². The molecular formula is C36H49BrN2O3. The molecule has 6 heteroatoms. The van der Waals surface area contributed by atoms with E-state index in [1.807, 2.05) is 30.6 Å². The van der Waals surface area contributed by atoms with Crippen molar-refractivity contribution < 1.29 is 14.3 Å². The van der Waals surface area contributed by atoms with E-state index in [-0.39, 0.29) is 0 Å². The zero-order chi connectivity index (χ0) is 29.8. The molecule has 0 unspecified atom stereocenters. The second-order valence-electron chi connectivity index (χ2n) is 11.2. The van der Waals surface area contributed by atoms with E-state index in [4.69, 9.17) is 9.47 Å². The smallest absolute Gasteiger partial charge is 0.343 e. The molecule has 0 aliphatic heterocycles. The van der Waals surface area contributed by atoms with Crippen molar-refractivity contribution >= 4 is 21.9 Å². The van der Waals surface area contributed by atoms with Gasteiger partial charge in [0.05, 0.1) is 16.6 Å². The quantitative estimate of drug-likeness (QED) is 0.0661. The second kappa shape index (κ2) is 20.2. The van der Waals surface area contributed by atoms with Gasteiger partial charge in [-0.15, -0.1) is 0 Å². The Bertz CT molecular complexity index is 1170. The second-order valence-corrected chi connectivity index (χ2v) is 12.0. The van der Waals surface area contributed by atoms with Crippen LogP contribution < -0.4 is 9.47 Å². The van der Waals surface area contributed by atoms with E-state index < -0.39 is 5.97 Å². The predicted octanol–water partition coefficient (Wildman–Crippen LogP) is 10.9. The number of halogens is 1. The molecule has 5 nitrogen and oxygen atoms in total. The maximum absolute atomic E-state index is 12.8. The lowest BCUT2D eigenvalue weighted by Crippen LogP contribution is -2.09. The molecule has 2 aromatic carbocycles. The molecule has 0 aliphatic carbocycles. The Morgan fingerprint density at radius 2 is 1.29 bits per heavy atom. The third kappa shape index (κ3) is 12.6. The van der Waals surface area contributed by atoms with Crippen molar-refractivity contribution in [3.8, 4) is 22.9 Å². The van der Waals surface area contributed by atoms with Gasteiger partial charge in [-0.2, -0.15) is 0 Å². The highest BCUT2D eigenvalue weighted by molar-refractivity contribution is 9.10. The van der Waals surface area contributed by atoms with Crippen molar-refractivity contribution in [3.05, 3.63) is 70.5 Å². The monoisotopic (exact) mass is 636 g/mol. The summed E-state index contributed by atoms with van der Waals surface area (Å²) in [5, 5.41) is 0. The standard InChI is InChI=1S/C36H49BrN2O3/c1-3-5-7-9-11-12-14-16-18-29-27-38-35(39-28-29)30-19-22-32(23-20-30)42-36(40)31-21-24-34(33(37)26-31)41-25-17-15-13-10-8-6-4-2/h19-24,26-28H,3-18,25H2,1-2H3. The van der Waals surface area contributed by atoms with Crippen LogP contribution in [0.3, 0.4) is 0 Å². The highest BCUT2D eigenvalue weighted by atomic mass is 79.9. The molecule has 0 amide bonds. The van der Waals surface area contributed by atoms with Gasteiger partial charge in [0.25, 0.3) is 0 Å². The summed E-state index contributed by atoms with van der Waals surface area (Å²) in [6.45, 7) is 5.17. The Kier molecular flexibility index (Phi) is 16.3. The fourth-order valence-corrected chi connectivity index (χ4v) is 5.41. The van der Waals surface area contributed by atoms with Crippen LogP contribution in [-0.4, -0.2) is 22.5 Å². The topological polar surface area (TPSA) is 61.3 Å². The lowest BCUT2D eigenvalue weighted by atomic mass is 10.1. The van der Waals surface area contributed by atoms with Crippen molar-refractivity contribution in [1.29, 1.82) is 0 Å². The van der Waals surface area contributed by atoms with Crippen molar-refractivity contribution in [2.75, 3.05) is 6.61 Å². The number of ether oxygens (including phenoxy) is 2. The maximum atomic E-state index is 12.8. The summed E-state index contributed by atoms with van der Waals surface area (Å²) in [6.07, 6.45) is 24.1. The van der Waals surface area contributed by atoms with Gasteiger partial charge in [0.1, 0.15) is 11.5 Å². The minimum absolute atomic E-state index is 0.413. The highest BCUT2D eigenvalue weighted by Crippen LogP contribution is 2.27. The first-order chi connectivity index (χ1) is 20.6. The summed E-state index contributed by atoms with van der Waals surface area (Å²) in [5.74, 6) is 1.48. The number of carbonyl (C=O) groups is 1. The molecule has 228 valence electrons. The molecule has 42 heavy (non-hydrogen) atoms. The summed E-state index contributed by atoms with van der Waals surface area (Å²) < 4.78 is 12.3. The van der Waals surface area contributed by atoms with Gasteiger partial charge in [-0.3, -0.25) is 0 Å². The van der Waals surface area contributed by atoms with Crippen LogP contribution in [0, 0.1) is 0 Å². The Labute approximate surface area is 262 Å². The van der Waals surface area contributed by atoms with E-state index in [0.717, 1.165) is 28.6 Å². The molecule has 3 rings (SSSR count). The first-order valence-corrected chi connectivity index (χ1v) is 17.0. The molecule has 0 spiro atoms. The molecule has 1 aromatic heterocycles. The van der Waals surface area contributed by atoms with E-state index in [1.54, 1.807) is 24.3 Å². The van der Waals surface area contributed by atoms with E-state index in [0.29, 0.717) is 23.7 Å². The number of esters is 1. The van der Waals surface area contributed by atoms with Crippen LogP contribution in [0.1, 0.15) is 126 Å². The lowest BCUT2D eigenvalue weighted by molar-refractivity contribution is 0.0734. The largest absolute Gasteiger partial charge is 0.492 e. The SMILES string of the molecule is CCCCCCCCCCc1cnc(-c2ccc(OC(=O)c3ccc(OCCCCCCCCC)c(Br)c3)cc2)nc1. The van der Waals surface area contributed by atoms with Crippen LogP contribution >= 0.6 is 15.9 Å². The summed E-state index contributed by atoms with van der Waals surface area (Å²) in [6, 6.07) is 12.6. The van der Waals surface area contributed by atoms with Crippen LogP contribution in [-0.2, 0) is 6.42 Å². The number of hydrogen-bond acceptors (Lipinski definition) is 5. The zero-order valence-electron chi connectivity index (χ0n) is 25.7. The minimum atomic E-state index is -0.413. The van der Waals surface area contributed by atoms with Gasteiger partial charge in [-0.25, -0.2) is 14.8 Å². The van der Waals surface area contributed by atoms with Crippen LogP contribution in [0.2, 0.25) is 0 Å². The predicted molar refractivity (Wildman–Crippen MR) is 176 cm³/mol. The number of carbonyl (C=O) groups excluding carboxylic acids is 1. The Morgan fingerprint density at radius 3 is 1.88 bits per heavy atom. The Hall–Kier alpha value is -2.73. The lowest BCUT2D eigenvalue weighted by Gasteiger charge is -2.10. The normalized spacial score (nSPS) is 11.0. The average Bonchev–Trinajstić information content (AvgIpc) is 3.01. The number of benzene rings is 2. The molecule has 0 saturated heterocycles. The van der Waals surface area contributed by atoms with E-state index in [1.165, 1.54) is 95.5 Å². The Morgan fingerprint density at radius 1 is 0.714 bits per heavy atom. The zero-order valence-corrected chi connectivity index (χ0v) is 27.3. The van der Waals surface area contributed by atoms with Gasteiger partial charge in [-0.05, 0) is 83.2 Å². The summed E-state index contributed by atoms with van der Waals surface area (Å²) in [5.41, 5.74) is 2.53. The molecule has 0 N–H and O–H groups in total. The van der Waals surface area contributed by atoms with Crippen molar-refractivity contribution in [1.82, 2.24) is 9.97 Å². The van der Waals surface area contributed by atoms with Crippen LogP contribution in [0.25, 0.3) is 11.4 Å². The van der Waals surface area contributed by atoms with Gasteiger partial charge >= 0.3 is 5.97 Å². The summed E-state index contributed by atoms with van der Waals surface area (Å²) in [7, 11) is 0. The number of unbranched alkanes of at least 4 members (excludes halogenated alkanes) is 13. The number of nitrogens with zero attached hydrogens (tertiary/aromatic N) is 2. The van der Waals surface area contributed by atoms with Crippen LogP contribution in [0.5, 0.6) is 11.5 Å². The number of aromatic nitrogens is 2. The number of rotatable bonds is 21. The molecule has 1 heterocycles. The first kappa shape index (κ1) is 33.8. The Balaban J connectivity index is 1.39. The molecule has 0 bridgehead atoms. The van der Waals surface area contributed by atoms with Gasteiger partial charge in [0, 0.05) is 18.0 Å². The summed E-state index contributed by atoms with van der Waals surface area (Å²) >= 11 is 3.54. The molecule has 0 saturated carbocycles. The molecule has 0 radical (unpaired) electrons. The van der Waals surface area contributed by atoms with Gasteiger partial charge < -0.3 is 9.47 Å². The molecule has 0 atom stereocenters. The van der Waals surface area contributed by atoms with E-state index in [2.05, 4.69) is 39.7 Å². The average molecular weight is 638 g/mol. The molecule has 3 aromatic rings. The molecular weight excluding hydrogens is 588 g/mol. The minimum Gasteiger partial charge on any atom is -0.492 e. The number of hydrogen-bond donors (Lipinski definition) is 0. The van der Waals surface area contributed by atoms with Gasteiger partial charge in [0.15, 0.2) is 5.82 Å². The maximum Gasteiger partial charge on any atom is 0.343 e. The van der Waals surface area contributed by atoms with Crippen molar-refractivity contribution in [3.63, 3.8) is 0 Å². The van der Waals surface area contributed by atoms with E-state index >= 15 is 0 Å². The summed E-state index contributed by atoms with van der Waals surface area (Å²) in [4.78, 5) is 21.9. The van der Waals surface area contributed by atoms with E-state index in [9.17, 15) is 4.79 Å². The van der Waals surface area contributed by atoms with Crippen molar-refractivity contribution in [2.24, 2.45) is 0 Å². The fourth-order valence-electron chi connectivity index (χ4n) is 4.92. The van der Waals surface area contributed by atoms with Crippen LogP contribution in [0.15, 0.2) is 59.3 Å². The highest BCUT2D eigenvalue weighted by Gasteiger charge is 2.12. The molecule has 0 aliphatic rings. The van der Waals surface area contributed by atoms with Gasteiger partial charge in [0.2, 0.25) is 0 Å². The van der Waals surface area contributed by atoms with Crippen molar-refractivity contribution in [2.45, 2.75) is 117 Å². The third-order valence-corrected chi connectivity index (χ3v) is 8.14. The molecule has 0 fully saturated rings. The third-order valence-electron chi connectivity index (χ3n) is 7.52. The van der Waals surface area contributed by atoms with Gasteiger partial charge in [-0.1, -0.05) is 97.3 Å². The fraction of sp³-hybridized carbons (Fsp3) is 0.528. The number of aryl methyl sites for hydroxylation is 1. The first-order valence-electron chi connectivity index (χ1n) is 16.2.